The smallest absolute Gasteiger partial charge is 0.222 e. The van der Waals surface area contributed by atoms with Gasteiger partial charge < -0.3 is 35.6 Å². The average molecular weight is 265 g/mol. The fourth-order valence-corrected chi connectivity index (χ4v) is 1.75. The van der Waals surface area contributed by atoms with Crippen molar-refractivity contribution in [2.45, 2.75) is 36.9 Å². The lowest BCUT2D eigenvalue weighted by atomic mass is 9.95. The number of carbonyl (C=O) groups is 1. The van der Waals surface area contributed by atoms with Crippen LogP contribution in [0.4, 0.5) is 0 Å². The number of ether oxygens (including phenoxy) is 1. The van der Waals surface area contributed by atoms with Crippen LogP contribution >= 0.6 is 0 Å². The second kappa shape index (κ2) is 6.98. The van der Waals surface area contributed by atoms with Crippen molar-refractivity contribution in [2.24, 2.45) is 0 Å². The summed E-state index contributed by atoms with van der Waals surface area (Å²) in [4.78, 5) is 11.1. The van der Waals surface area contributed by atoms with Crippen LogP contribution in [-0.4, -0.2) is 81.7 Å². The molecule has 1 amide bonds. The van der Waals surface area contributed by atoms with Crippen molar-refractivity contribution in [3.63, 3.8) is 0 Å². The lowest BCUT2D eigenvalue weighted by molar-refractivity contribution is -0.227. The van der Waals surface area contributed by atoms with Crippen LogP contribution < -0.4 is 5.32 Å². The molecule has 8 nitrogen and oxygen atoms in total. The average Bonchev–Trinajstić information content (AvgIpc) is 2.35. The third-order valence-electron chi connectivity index (χ3n) is 2.83. The van der Waals surface area contributed by atoms with Crippen LogP contribution in [0.15, 0.2) is 0 Å². The molecule has 5 atom stereocenters. The molecule has 106 valence electrons. The first-order chi connectivity index (χ1) is 8.51. The van der Waals surface area contributed by atoms with Crippen molar-refractivity contribution in [2.75, 3.05) is 19.8 Å². The summed E-state index contributed by atoms with van der Waals surface area (Å²) in [5, 5.41) is 48.5. The minimum Gasteiger partial charge on any atom is -0.396 e. The first kappa shape index (κ1) is 15.3. The summed E-state index contributed by atoms with van der Waals surface area (Å²) in [6.45, 7) is -0.882. The van der Waals surface area contributed by atoms with Gasteiger partial charge in [0.25, 0.3) is 0 Å². The van der Waals surface area contributed by atoms with Crippen LogP contribution in [0, 0.1) is 0 Å². The highest BCUT2D eigenvalue weighted by Crippen LogP contribution is 2.20. The predicted molar refractivity (Wildman–Crippen MR) is 58.5 cm³/mol. The van der Waals surface area contributed by atoms with Gasteiger partial charge in [0, 0.05) is 13.0 Å². The number of aliphatic hydroxyl groups excluding tert-OH is 5. The molecule has 0 bridgehead atoms. The maximum absolute atomic E-state index is 11.1. The largest absolute Gasteiger partial charge is 0.396 e. The maximum Gasteiger partial charge on any atom is 0.222 e. The second-order valence-electron chi connectivity index (χ2n) is 4.15. The minimum atomic E-state index is -1.45. The lowest BCUT2D eigenvalue weighted by Crippen LogP contribution is -2.60. The Labute approximate surface area is 104 Å². The molecule has 0 radical (unpaired) electrons. The monoisotopic (exact) mass is 265 g/mol. The van der Waals surface area contributed by atoms with Crippen LogP contribution in [-0.2, 0) is 9.53 Å². The molecule has 0 aromatic rings. The van der Waals surface area contributed by atoms with E-state index in [-0.39, 0.29) is 19.6 Å². The van der Waals surface area contributed by atoms with Crippen LogP contribution in [0.2, 0.25) is 0 Å². The maximum atomic E-state index is 11.1. The van der Waals surface area contributed by atoms with E-state index in [4.69, 9.17) is 14.9 Å². The molecule has 6 N–H and O–H groups in total. The van der Waals surface area contributed by atoms with Gasteiger partial charge in [0.1, 0.15) is 30.5 Å². The Morgan fingerprint density at radius 2 is 1.67 bits per heavy atom. The van der Waals surface area contributed by atoms with Gasteiger partial charge in [-0.25, -0.2) is 0 Å². The summed E-state index contributed by atoms with van der Waals surface area (Å²) in [7, 11) is 0. The Morgan fingerprint density at radius 1 is 1.06 bits per heavy atom. The number of rotatable bonds is 5. The Balaban J connectivity index is 2.51. The molecule has 0 spiro atoms. The molecule has 18 heavy (non-hydrogen) atoms. The number of hydrogen-bond acceptors (Lipinski definition) is 7. The first-order valence-corrected chi connectivity index (χ1v) is 5.69. The summed E-state index contributed by atoms with van der Waals surface area (Å²) in [6.07, 6.45) is -6.20. The van der Waals surface area contributed by atoms with Crippen molar-refractivity contribution in [1.82, 2.24) is 5.32 Å². The number of aliphatic hydroxyl groups is 5. The van der Waals surface area contributed by atoms with E-state index in [9.17, 15) is 20.1 Å². The highest BCUT2D eigenvalue weighted by Gasteiger charge is 2.43. The Bertz CT molecular complexity index is 273. The number of amides is 1. The molecule has 1 aliphatic rings. The highest BCUT2D eigenvalue weighted by molar-refractivity contribution is 5.75. The van der Waals surface area contributed by atoms with Crippen molar-refractivity contribution >= 4 is 5.91 Å². The number of carbonyl (C=O) groups excluding carboxylic acids is 1. The van der Waals surface area contributed by atoms with Gasteiger partial charge >= 0.3 is 0 Å². The molecular weight excluding hydrogens is 246 g/mol. The van der Waals surface area contributed by atoms with E-state index >= 15 is 0 Å². The molecule has 8 heteroatoms. The Morgan fingerprint density at radius 3 is 2.22 bits per heavy atom. The number of hydrogen-bond donors (Lipinski definition) is 6. The lowest BCUT2D eigenvalue weighted by Gasteiger charge is -2.40. The summed E-state index contributed by atoms with van der Waals surface area (Å²) in [6, 6.07) is 0. The van der Waals surface area contributed by atoms with Crippen molar-refractivity contribution in [1.29, 1.82) is 0 Å². The zero-order valence-electron chi connectivity index (χ0n) is 9.77. The van der Waals surface area contributed by atoms with E-state index < -0.39 is 43.0 Å². The topological polar surface area (TPSA) is 139 Å². The fourth-order valence-electron chi connectivity index (χ4n) is 1.75. The van der Waals surface area contributed by atoms with Gasteiger partial charge in [-0.3, -0.25) is 4.79 Å². The summed E-state index contributed by atoms with van der Waals surface area (Å²) in [5.41, 5.74) is 0. The summed E-state index contributed by atoms with van der Waals surface area (Å²) >= 11 is 0. The SMILES string of the molecule is O=C(CCO)NC[C@H]1O[C@H](CO)[C@@H](O)[C@H](O)[C@H]1O. The van der Waals surface area contributed by atoms with Crippen LogP contribution in [0.1, 0.15) is 6.42 Å². The van der Waals surface area contributed by atoms with E-state index in [0.717, 1.165) is 0 Å². The third kappa shape index (κ3) is 3.61. The van der Waals surface area contributed by atoms with E-state index in [2.05, 4.69) is 5.32 Å². The standard InChI is InChI=1S/C10H19NO7/c12-2-1-7(14)11-3-5-8(15)10(17)9(16)6(4-13)18-5/h5-6,8-10,12-13,15-17H,1-4H2,(H,11,14)/t5-,6-,8+,9-,10-/m1/s1. The van der Waals surface area contributed by atoms with Gasteiger partial charge in [-0.15, -0.1) is 0 Å². The molecule has 0 unspecified atom stereocenters. The second-order valence-corrected chi connectivity index (χ2v) is 4.15. The van der Waals surface area contributed by atoms with Gasteiger partial charge in [0.2, 0.25) is 5.91 Å². The normalized spacial score (nSPS) is 36.4. The number of nitrogens with one attached hydrogen (secondary N) is 1. The van der Waals surface area contributed by atoms with Crippen LogP contribution in [0.3, 0.4) is 0 Å². The quantitative estimate of drug-likeness (QED) is 0.301. The molecule has 0 saturated carbocycles. The zero-order chi connectivity index (χ0) is 13.7. The van der Waals surface area contributed by atoms with Gasteiger partial charge in [-0.1, -0.05) is 0 Å². The van der Waals surface area contributed by atoms with Crippen molar-refractivity contribution < 1.29 is 35.1 Å². The van der Waals surface area contributed by atoms with E-state index in [1.165, 1.54) is 0 Å². The van der Waals surface area contributed by atoms with E-state index in [0.29, 0.717) is 0 Å². The Hall–Kier alpha value is -0.770. The van der Waals surface area contributed by atoms with Crippen molar-refractivity contribution in [3.05, 3.63) is 0 Å². The Kier molecular flexibility index (Phi) is 5.93. The first-order valence-electron chi connectivity index (χ1n) is 5.69. The van der Waals surface area contributed by atoms with Crippen molar-refractivity contribution in [3.8, 4) is 0 Å². The molecular formula is C10H19NO7. The van der Waals surface area contributed by atoms with Gasteiger partial charge in [-0.2, -0.15) is 0 Å². The van der Waals surface area contributed by atoms with E-state index in [1.54, 1.807) is 0 Å². The minimum absolute atomic E-state index is 0.0720. The zero-order valence-corrected chi connectivity index (χ0v) is 9.77. The fraction of sp³-hybridized carbons (Fsp3) is 0.900. The molecule has 1 heterocycles. The molecule has 1 rings (SSSR count). The molecule has 0 aliphatic carbocycles. The molecule has 1 aliphatic heterocycles. The predicted octanol–water partition coefficient (Wildman–Crippen LogP) is -3.67. The molecule has 0 aromatic carbocycles. The van der Waals surface area contributed by atoms with E-state index in [1.807, 2.05) is 0 Å². The molecule has 1 saturated heterocycles. The van der Waals surface area contributed by atoms with Crippen LogP contribution in [0.25, 0.3) is 0 Å². The molecule has 1 fully saturated rings. The van der Waals surface area contributed by atoms with Gasteiger partial charge in [0.05, 0.1) is 13.2 Å². The molecule has 0 aromatic heterocycles. The third-order valence-corrected chi connectivity index (χ3v) is 2.83. The van der Waals surface area contributed by atoms with Crippen LogP contribution in [0.5, 0.6) is 0 Å². The summed E-state index contributed by atoms with van der Waals surface area (Å²) < 4.78 is 5.17. The van der Waals surface area contributed by atoms with Gasteiger partial charge in [-0.05, 0) is 0 Å². The summed E-state index contributed by atoms with van der Waals surface area (Å²) in [5.74, 6) is -0.422. The van der Waals surface area contributed by atoms with Gasteiger partial charge in [0.15, 0.2) is 0 Å². The highest BCUT2D eigenvalue weighted by atomic mass is 16.5.